The first-order valence-corrected chi connectivity index (χ1v) is 10.3. The molecule has 2 amide bonds. The second-order valence-electron chi connectivity index (χ2n) is 7.45. The molecule has 30 heavy (non-hydrogen) atoms. The van der Waals surface area contributed by atoms with Crippen molar-refractivity contribution in [2.24, 2.45) is 0 Å². The van der Waals surface area contributed by atoms with Crippen molar-refractivity contribution in [2.45, 2.75) is 38.9 Å². The Morgan fingerprint density at radius 1 is 1.13 bits per heavy atom. The van der Waals surface area contributed by atoms with Crippen molar-refractivity contribution in [1.29, 1.82) is 0 Å². The summed E-state index contributed by atoms with van der Waals surface area (Å²) in [7, 11) is 0. The van der Waals surface area contributed by atoms with E-state index in [0.717, 1.165) is 35.6 Å². The van der Waals surface area contributed by atoms with Gasteiger partial charge in [0.2, 0.25) is 0 Å². The zero-order valence-electron chi connectivity index (χ0n) is 16.7. The number of benzene rings is 2. The van der Waals surface area contributed by atoms with E-state index in [1.54, 1.807) is 12.1 Å². The summed E-state index contributed by atoms with van der Waals surface area (Å²) in [5.74, 6) is 1.30. The summed E-state index contributed by atoms with van der Waals surface area (Å²) >= 11 is 5.99. The first kappa shape index (κ1) is 20.3. The van der Waals surface area contributed by atoms with Crippen LogP contribution in [0, 0.1) is 12.7 Å². The Hall–Kier alpha value is -2.93. The van der Waals surface area contributed by atoms with E-state index in [1.807, 2.05) is 36.1 Å². The molecule has 2 heterocycles. The Labute approximate surface area is 179 Å². The number of aryl methyl sites for hydroxylation is 1. The summed E-state index contributed by atoms with van der Waals surface area (Å²) < 4.78 is 15.1. The highest BCUT2D eigenvalue weighted by Crippen LogP contribution is 2.31. The average Bonchev–Trinajstić information content (AvgIpc) is 3.36. The number of urea groups is 1. The molecule has 0 unspecified atom stereocenters. The van der Waals surface area contributed by atoms with Crippen LogP contribution in [-0.4, -0.2) is 32.2 Å². The van der Waals surface area contributed by atoms with Gasteiger partial charge in [0.25, 0.3) is 0 Å². The molecule has 1 saturated heterocycles. The maximum absolute atomic E-state index is 13.1. The van der Waals surface area contributed by atoms with Crippen molar-refractivity contribution in [2.75, 3.05) is 6.54 Å². The molecule has 0 spiro atoms. The van der Waals surface area contributed by atoms with Gasteiger partial charge < -0.3 is 14.8 Å². The minimum atomic E-state index is -0.292. The summed E-state index contributed by atoms with van der Waals surface area (Å²) in [6, 6.07) is 13.5. The van der Waals surface area contributed by atoms with Crippen molar-refractivity contribution < 1.29 is 9.18 Å². The molecule has 0 radical (unpaired) electrons. The number of nitrogens with one attached hydrogen (secondary N) is 1. The maximum Gasteiger partial charge on any atom is 0.318 e. The van der Waals surface area contributed by atoms with Gasteiger partial charge in [-0.3, -0.25) is 0 Å². The summed E-state index contributed by atoms with van der Waals surface area (Å²) in [6.45, 7) is 3.54. The molecule has 0 saturated carbocycles. The summed E-state index contributed by atoms with van der Waals surface area (Å²) in [5, 5.41) is 12.3. The molecule has 8 heteroatoms. The molecule has 6 nitrogen and oxygen atoms in total. The van der Waals surface area contributed by atoms with Gasteiger partial charge in [-0.05, 0) is 55.2 Å². The van der Waals surface area contributed by atoms with Crippen molar-refractivity contribution in [3.05, 3.63) is 82.1 Å². The van der Waals surface area contributed by atoms with E-state index in [-0.39, 0.29) is 17.9 Å². The van der Waals surface area contributed by atoms with Crippen molar-refractivity contribution in [1.82, 2.24) is 25.0 Å². The lowest BCUT2D eigenvalue weighted by molar-refractivity contribution is 0.189. The smallest absolute Gasteiger partial charge is 0.318 e. The van der Waals surface area contributed by atoms with Gasteiger partial charge in [-0.1, -0.05) is 35.9 Å². The molecule has 3 aromatic rings. The SMILES string of the molecule is Cc1nnc([C@H]2CCCN2C(=O)NCc2ccc(F)cc2)n1Cc1ccc(Cl)cc1. The molecule has 1 atom stereocenters. The number of hydrogen-bond acceptors (Lipinski definition) is 3. The summed E-state index contributed by atoms with van der Waals surface area (Å²) in [4.78, 5) is 14.7. The van der Waals surface area contributed by atoms with E-state index in [0.29, 0.717) is 24.7 Å². The number of likely N-dealkylation sites (tertiary alicyclic amines) is 1. The van der Waals surface area contributed by atoms with Crippen LogP contribution in [0.25, 0.3) is 0 Å². The van der Waals surface area contributed by atoms with Gasteiger partial charge >= 0.3 is 6.03 Å². The third-order valence-corrected chi connectivity index (χ3v) is 5.64. The number of aromatic nitrogens is 3. The Bertz CT molecular complexity index is 1020. The van der Waals surface area contributed by atoms with Crippen molar-refractivity contribution >= 4 is 17.6 Å². The fourth-order valence-electron chi connectivity index (χ4n) is 3.77. The molecule has 0 aliphatic carbocycles. The molecule has 1 aliphatic heterocycles. The van der Waals surface area contributed by atoms with Gasteiger partial charge in [-0.25, -0.2) is 9.18 Å². The van der Waals surface area contributed by atoms with Gasteiger partial charge in [0, 0.05) is 18.1 Å². The Morgan fingerprint density at radius 3 is 2.57 bits per heavy atom. The molecule has 0 bridgehead atoms. The van der Waals surface area contributed by atoms with Crippen LogP contribution in [0.1, 0.15) is 41.7 Å². The zero-order chi connectivity index (χ0) is 21.1. The third-order valence-electron chi connectivity index (χ3n) is 5.39. The zero-order valence-corrected chi connectivity index (χ0v) is 17.4. The fraction of sp³-hybridized carbons (Fsp3) is 0.318. The second-order valence-corrected chi connectivity index (χ2v) is 7.89. The minimum absolute atomic E-state index is 0.133. The quantitative estimate of drug-likeness (QED) is 0.653. The van der Waals surface area contributed by atoms with Crippen LogP contribution in [0.15, 0.2) is 48.5 Å². The van der Waals surface area contributed by atoms with E-state index < -0.39 is 0 Å². The van der Waals surface area contributed by atoms with Crippen molar-refractivity contribution in [3.63, 3.8) is 0 Å². The second kappa shape index (κ2) is 8.83. The van der Waals surface area contributed by atoms with Crippen LogP contribution >= 0.6 is 11.6 Å². The van der Waals surface area contributed by atoms with E-state index in [2.05, 4.69) is 20.1 Å². The standard InChI is InChI=1S/C22H23ClFN5O/c1-15-26-27-21(29(15)14-17-4-8-18(23)9-5-17)20-3-2-12-28(20)22(30)25-13-16-6-10-19(24)11-7-16/h4-11,20H,2-3,12-14H2,1H3,(H,25,30)/t20-/m1/s1. The highest BCUT2D eigenvalue weighted by molar-refractivity contribution is 6.30. The number of rotatable bonds is 5. The van der Waals surface area contributed by atoms with Crippen molar-refractivity contribution in [3.8, 4) is 0 Å². The molecular weight excluding hydrogens is 405 g/mol. The Kier molecular flexibility index (Phi) is 5.99. The first-order chi connectivity index (χ1) is 14.5. The monoisotopic (exact) mass is 427 g/mol. The lowest BCUT2D eigenvalue weighted by Gasteiger charge is -2.25. The predicted octanol–water partition coefficient (Wildman–Crippen LogP) is 4.47. The molecular formula is C22H23ClFN5O. The topological polar surface area (TPSA) is 63.1 Å². The van der Waals surface area contributed by atoms with E-state index in [4.69, 9.17) is 11.6 Å². The number of carbonyl (C=O) groups is 1. The fourth-order valence-corrected chi connectivity index (χ4v) is 3.90. The van der Waals surface area contributed by atoms with Crippen LogP contribution < -0.4 is 5.32 Å². The largest absolute Gasteiger partial charge is 0.334 e. The lowest BCUT2D eigenvalue weighted by Crippen LogP contribution is -2.40. The summed E-state index contributed by atoms with van der Waals surface area (Å²) in [6.07, 6.45) is 1.74. The number of hydrogen-bond donors (Lipinski definition) is 1. The van der Waals surface area contributed by atoms with E-state index in [1.165, 1.54) is 12.1 Å². The molecule has 2 aromatic carbocycles. The van der Waals surface area contributed by atoms with E-state index >= 15 is 0 Å². The van der Waals surface area contributed by atoms with Gasteiger partial charge in [-0.15, -0.1) is 10.2 Å². The lowest BCUT2D eigenvalue weighted by atomic mass is 10.2. The van der Waals surface area contributed by atoms with Crippen LogP contribution in [-0.2, 0) is 13.1 Å². The molecule has 1 aliphatic rings. The van der Waals surface area contributed by atoms with E-state index in [9.17, 15) is 9.18 Å². The maximum atomic E-state index is 13.1. The number of amides is 2. The minimum Gasteiger partial charge on any atom is -0.334 e. The average molecular weight is 428 g/mol. The third kappa shape index (κ3) is 4.46. The van der Waals surface area contributed by atoms with Crippen LogP contribution in [0.3, 0.4) is 0 Å². The van der Waals surface area contributed by atoms with Gasteiger partial charge in [0.05, 0.1) is 12.6 Å². The molecule has 1 aromatic heterocycles. The predicted molar refractivity (Wildman–Crippen MR) is 113 cm³/mol. The number of carbonyl (C=O) groups excluding carboxylic acids is 1. The van der Waals surface area contributed by atoms with Crippen LogP contribution in [0.2, 0.25) is 5.02 Å². The van der Waals surface area contributed by atoms with Gasteiger partial charge in [0.1, 0.15) is 11.6 Å². The molecule has 156 valence electrons. The highest BCUT2D eigenvalue weighted by atomic mass is 35.5. The Morgan fingerprint density at radius 2 is 1.83 bits per heavy atom. The summed E-state index contributed by atoms with van der Waals surface area (Å²) in [5.41, 5.74) is 1.94. The molecule has 1 N–H and O–H groups in total. The molecule has 1 fully saturated rings. The Balaban J connectivity index is 1.48. The normalized spacial score (nSPS) is 16.1. The number of nitrogens with zero attached hydrogens (tertiary/aromatic N) is 4. The van der Waals surface area contributed by atoms with Crippen LogP contribution in [0.5, 0.6) is 0 Å². The first-order valence-electron chi connectivity index (χ1n) is 9.94. The highest BCUT2D eigenvalue weighted by Gasteiger charge is 2.33. The molecule has 4 rings (SSSR count). The van der Waals surface area contributed by atoms with Crippen LogP contribution in [0.4, 0.5) is 9.18 Å². The van der Waals surface area contributed by atoms with Gasteiger partial charge in [0.15, 0.2) is 5.82 Å². The van der Waals surface area contributed by atoms with Gasteiger partial charge in [-0.2, -0.15) is 0 Å². The number of halogens is 2.